The molecule has 0 saturated heterocycles. The number of anilines is 1. The van der Waals surface area contributed by atoms with Crippen LogP contribution >= 0.6 is 11.8 Å². The van der Waals surface area contributed by atoms with Gasteiger partial charge in [-0.15, -0.1) is 11.8 Å². The van der Waals surface area contributed by atoms with Gasteiger partial charge in [-0.2, -0.15) is 0 Å². The van der Waals surface area contributed by atoms with Gasteiger partial charge in [-0.3, -0.25) is 4.79 Å². The quantitative estimate of drug-likeness (QED) is 0.791. The number of aryl methyl sites for hydroxylation is 2. The third-order valence-electron chi connectivity index (χ3n) is 3.84. The fourth-order valence-corrected chi connectivity index (χ4v) is 3.58. The summed E-state index contributed by atoms with van der Waals surface area (Å²) in [4.78, 5) is 14.9. The second kappa shape index (κ2) is 6.53. The van der Waals surface area contributed by atoms with Crippen LogP contribution in [0.2, 0.25) is 0 Å². The highest BCUT2D eigenvalue weighted by atomic mass is 32.2. The van der Waals surface area contributed by atoms with Crippen LogP contribution < -0.4 is 4.90 Å². The van der Waals surface area contributed by atoms with Crippen molar-refractivity contribution >= 4 is 23.4 Å². The zero-order chi connectivity index (χ0) is 15.5. The maximum Gasteiger partial charge on any atom is 0.237 e. The van der Waals surface area contributed by atoms with E-state index in [1.165, 1.54) is 29.0 Å². The van der Waals surface area contributed by atoms with Crippen molar-refractivity contribution < 1.29 is 9.18 Å². The number of benzene rings is 2. The topological polar surface area (TPSA) is 20.3 Å². The summed E-state index contributed by atoms with van der Waals surface area (Å²) in [5.74, 6) is 0.0295. The normalized spacial score (nSPS) is 13.8. The van der Waals surface area contributed by atoms with Crippen LogP contribution in [-0.2, 0) is 11.2 Å². The Kier molecular flexibility index (Phi) is 4.48. The number of thioether (sulfide) groups is 1. The minimum Gasteiger partial charge on any atom is -0.311 e. The van der Waals surface area contributed by atoms with Gasteiger partial charge in [0.25, 0.3) is 0 Å². The lowest BCUT2D eigenvalue weighted by Crippen LogP contribution is -2.36. The first kappa shape index (κ1) is 15.1. The molecule has 2 aromatic carbocycles. The van der Waals surface area contributed by atoms with Crippen molar-refractivity contribution in [3.63, 3.8) is 0 Å². The van der Waals surface area contributed by atoms with E-state index in [2.05, 4.69) is 13.0 Å². The molecule has 22 heavy (non-hydrogen) atoms. The van der Waals surface area contributed by atoms with E-state index in [4.69, 9.17) is 0 Å². The minimum absolute atomic E-state index is 0.0399. The molecule has 3 rings (SSSR count). The molecule has 0 saturated carbocycles. The molecule has 0 fully saturated rings. The van der Waals surface area contributed by atoms with Gasteiger partial charge >= 0.3 is 0 Å². The summed E-state index contributed by atoms with van der Waals surface area (Å²) in [5.41, 5.74) is 3.46. The molecular weight excluding hydrogens is 297 g/mol. The molecule has 0 atom stereocenters. The van der Waals surface area contributed by atoms with E-state index in [1.807, 2.05) is 17.0 Å². The molecule has 0 aliphatic carbocycles. The molecule has 1 heterocycles. The van der Waals surface area contributed by atoms with Crippen molar-refractivity contribution in [1.29, 1.82) is 0 Å². The Morgan fingerprint density at radius 3 is 2.91 bits per heavy atom. The molecule has 1 amide bonds. The maximum atomic E-state index is 13.6. The first-order chi connectivity index (χ1) is 10.6. The van der Waals surface area contributed by atoms with Crippen LogP contribution in [0.4, 0.5) is 10.1 Å². The highest BCUT2D eigenvalue weighted by molar-refractivity contribution is 8.00. The summed E-state index contributed by atoms with van der Waals surface area (Å²) in [5, 5.41) is 0. The molecule has 2 nitrogen and oxygen atoms in total. The number of amides is 1. The van der Waals surface area contributed by atoms with Crippen LogP contribution in [0, 0.1) is 12.7 Å². The summed E-state index contributed by atoms with van der Waals surface area (Å²) >= 11 is 1.26. The first-order valence-corrected chi connectivity index (χ1v) is 8.41. The highest BCUT2D eigenvalue weighted by Gasteiger charge is 2.22. The average molecular weight is 315 g/mol. The van der Waals surface area contributed by atoms with E-state index in [0.717, 1.165) is 25.1 Å². The van der Waals surface area contributed by atoms with E-state index in [0.29, 0.717) is 4.90 Å². The molecule has 4 heteroatoms. The number of halogens is 1. The van der Waals surface area contributed by atoms with E-state index >= 15 is 0 Å². The van der Waals surface area contributed by atoms with Crippen LogP contribution in [0.25, 0.3) is 0 Å². The van der Waals surface area contributed by atoms with Crippen LogP contribution in [0.3, 0.4) is 0 Å². The van der Waals surface area contributed by atoms with Crippen molar-refractivity contribution in [2.75, 3.05) is 17.2 Å². The van der Waals surface area contributed by atoms with E-state index < -0.39 is 0 Å². The van der Waals surface area contributed by atoms with Crippen molar-refractivity contribution in [3.8, 4) is 0 Å². The van der Waals surface area contributed by atoms with E-state index in [1.54, 1.807) is 18.2 Å². The lowest BCUT2D eigenvalue weighted by Gasteiger charge is -2.29. The molecule has 0 N–H and O–H groups in total. The van der Waals surface area contributed by atoms with Crippen molar-refractivity contribution in [2.24, 2.45) is 0 Å². The van der Waals surface area contributed by atoms with Gasteiger partial charge in [0.2, 0.25) is 5.91 Å². The number of rotatable bonds is 3. The smallest absolute Gasteiger partial charge is 0.237 e. The minimum atomic E-state index is -0.269. The second-order valence-electron chi connectivity index (χ2n) is 5.50. The van der Waals surface area contributed by atoms with Gasteiger partial charge in [0.1, 0.15) is 5.82 Å². The van der Waals surface area contributed by atoms with Crippen LogP contribution in [-0.4, -0.2) is 18.2 Å². The Balaban J connectivity index is 1.73. The van der Waals surface area contributed by atoms with Gasteiger partial charge in [-0.05, 0) is 43.5 Å². The summed E-state index contributed by atoms with van der Waals surface area (Å²) in [7, 11) is 0. The molecule has 0 spiro atoms. The van der Waals surface area contributed by atoms with E-state index in [9.17, 15) is 9.18 Å². The molecular formula is C18H18FNOS. The summed E-state index contributed by atoms with van der Waals surface area (Å²) in [6.45, 7) is 2.81. The molecule has 1 aliphatic rings. The third-order valence-corrected chi connectivity index (χ3v) is 4.88. The summed E-state index contributed by atoms with van der Waals surface area (Å²) in [6, 6.07) is 12.8. The van der Waals surface area contributed by atoms with Gasteiger partial charge in [-0.25, -0.2) is 4.39 Å². The van der Waals surface area contributed by atoms with Gasteiger partial charge in [0.05, 0.1) is 5.75 Å². The SMILES string of the molecule is Cc1ccc2c(c1)CCCN2C(=O)CSc1ccccc1F. The number of carbonyl (C=O) groups excluding carboxylic acids is 1. The number of hydrogen-bond acceptors (Lipinski definition) is 2. The zero-order valence-corrected chi connectivity index (χ0v) is 13.3. The highest BCUT2D eigenvalue weighted by Crippen LogP contribution is 2.29. The van der Waals surface area contributed by atoms with Crippen LogP contribution in [0.1, 0.15) is 17.5 Å². The van der Waals surface area contributed by atoms with Crippen LogP contribution in [0.5, 0.6) is 0 Å². The molecule has 1 aliphatic heterocycles. The second-order valence-corrected chi connectivity index (χ2v) is 6.52. The van der Waals surface area contributed by atoms with Gasteiger partial charge in [0, 0.05) is 17.1 Å². The van der Waals surface area contributed by atoms with E-state index in [-0.39, 0.29) is 17.5 Å². The van der Waals surface area contributed by atoms with Crippen molar-refractivity contribution in [1.82, 2.24) is 0 Å². The summed E-state index contributed by atoms with van der Waals surface area (Å²) < 4.78 is 13.6. The molecule has 2 aromatic rings. The monoisotopic (exact) mass is 315 g/mol. The molecule has 0 bridgehead atoms. The van der Waals surface area contributed by atoms with Crippen molar-refractivity contribution in [2.45, 2.75) is 24.7 Å². The zero-order valence-electron chi connectivity index (χ0n) is 12.5. The lowest BCUT2D eigenvalue weighted by molar-refractivity contribution is -0.116. The number of fused-ring (bicyclic) bond motifs is 1. The fourth-order valence-electron chi connectivity index (χ4n) is 2.76. The Morgan fingerprint density at radius 2 is 2.09 bits per heavy atom. The fraction of sp³-hybridized carbons (Fsp3) is 0.278. The summed E-state index contributed by atoms with van der Waals surface area (Å²) in [6.07, 6.45) is 1.99. The number of hydrogen-bond donors (Lipinski definition) is 0. The Hall–Kier alpha value is -1.81. The maximum absolute atomic E-state index is 13.6. The predicted octanol–water partition coefficient (Wildman–Crippen LogP) is 4.21. The van der Waals surface area contributed by atoms with Gasteiger partial charge < -0.3 is 4.90 Å². The molecule has 0 radical (unpaired) electrons. The van der Waals surface area contributed by atoms with Crippen LogP contribution in [0.15, 0.2) is 47.4 Å². The third kappa shape index (κ3) is 3.17. The molecule has 0 aromatic heterocycles. The molecule has 114 valence electrons. The Morgan fingerprint density at radius 1 is 1.27 bits per heavy atom. The largest absolute Gasteiger partial charge is 0.311 e. The standard InChI is InChI=1S/C18H18FNOS/c1-13-8-9-16-14(11-13)5-4-10-20(16)18(21)12-22-17-7-3-2-6-15(17)19/h2-3,6-9,11H,4-5,10,12H2,1H3. The predicted molar refractivity (Wildman–Crippen MR) is 89.0 cm³/mol. The first-order valence-electron chi connectivity index (χ1n) is 7.42. The van der Waals surface area contributed by atoms with Gasteiger partial charge in [-0.1, -0.05) is 29.8 Å². The van der Waals surface area contributed by atoms with Crippen molar-refractivity contribution in [3.05, 3.63) is 59.4 Å². The Labute approximate surface area is 134 Å². The molecule has 0 unspecified atom stereocenters. The van der Waals surface area contributed by atoms with Gasteiger partial charge in [0.15, 0.2) is 0 Å². The number of nitrogens with zero attached hydrogens (tertiary/aromatic N) is 1. The number of carbonyl (C=O) groups is 1. The average Bonchev–Trinajstić information content (AvgIpc) is 2.53. The lowest BCUT2D eigenvalue weighted by atomic mass is 9.99. The Bertz CT molecular complexity index is 701.